The average molecular weight is 338 g/mol. The number of carboxylic acid groups (broad SMARTS) is 1. The minimum Gasteiger partial charge on any atom is -0.477 e. The van der Waals surface area contributed by atoms with Crippen LogP contribution in [0.5, 0.6) is 0 Å². The molecule has 3 aromatic rings. The zero-order valence-electron chi connectivity index (χ0n) is 13.0. The Bertz CT molecular complexity index is 898. The summed E-state index contributed by atoms with van der Waals surface area (Å²) in [6, 6.07) is 8.30. The Labute approximate surface area is 142 Å². The van der Waals surface area contributed by atoms with Gasteiger partial charge in [0.05, 0.1) is 12.5 Å². The van der Waals surface area contributed by atoms with Gasteiger partial charge in [0.25, 0.3) is 0 Å². The third-order valence-electron chi connectivity index (χ3n) is 3.37. The normalized spacial score (nSPS) is 11.3. The van der Waals surface area contributed by atoms with E-state index in [1.807, 2.05) is 0 Å². The van der Waals surface area contributed by atoms with Crippen LogP contribution in [-0.4, -0.2) is 31.6 Å². The van der Waals surface area contributed by atoms with Crippen LogP contribution >= 0.6 is 0 Å². The number of Topliss-reactive ketones (excluding diaryl/α,β-unsaturated/α-hetero) is 1. The molecule has 3 heterocycles. The van der Waals surface area contributed by atoms with Crippen molar-refractivity contribution in [1.82, 2.24) is 14.8 Å². The highest BCUT2D eigenvalue weighted by Gasteiger charge is 2.19. The number of carbonyl (C=O) groups excluding carboxylic acids is 1. The number of pyridine rings is 1. The van der Waals surface area contributed by atoms with Gasteiger partial charge in [-0.25, -0.2) is 9.48 Å². The molecular formula is C17H14N4O4. The van der Waals surface area contributed by atoms with Crippen LogP contribution in [0.15, 0.2) is 71.4 Å². The van der Waals surface area contributed by atoms with Crippen LogP contribution in [0.4, 0.5) is 5.82 Å². The molecule has 126 valence electrons. The summed E-state index contributed by atoms with van der Waals surface area (Å²) in [5.41, 5.74) is -0.208. The van der Waals surface area contributed by atoms with E-state index < -0.39 is 17.3 Å². The minimum atomic E-state index is -1.33. The number of hydrogen-bond acceptors (Lipinski definition) is 6. The summed E-state index contributed by atoms with van der Waals surface area (Å²) in [4.78, 5) is 27.6. The highest BCUT2D eigenvalue weighted by molar-refractivity contribution is 6.23. The molecule has 0 saturated heterocycles. The number of rotatable bonds is 7. The standard InChI is InChI=1S/C17H14N4O4/c22-16(12-3-1-6-18-9-12)14(17(23)24)10-19-15-5-7-20-21(15)11-13-4-2-8-25-13/h1-10,19H,11H2,(H,23,24)/b14-10+. The summed E-state index contributed by atoms with van der Waals surface area (Å²) in [6.07, 6.45) is 7.09. The van der Waals surface area contributed by atoms with Gasteiger partial charge >= 0.3 is 5.97 Å². The van der Waals surface area contributed by atoms with Gasteiger partial charge in [-0.3, -0.25) is 9.78 Å². The van der Waals surface area contributed by atoms with Crippen LogP contribution in [0.25, 0.3) is 0 Å². The Morgan fingerprint density at radius 1 is 1.24 bits per heavy atom. The van der Waals surface area contributed by atoms with E-state index in [-0.39, 0.29) is 5.56 Å². The van der Waals surface area contributed by atoms with Gasteiger partial charge in [-0.05, 0) is 24.3 Å². The number of hydrogen-bond donors (Lipinski definition) is 2. The molecule has 0 saturated carbocycles. The molecule has 0 aliphatic heterocycles. The fraction of sp³-hybridized carbons (Fsp3) is 0.0588. The third-order valence-corrected chi connectivity index (χ3v) is 3.37. The molecular weight excluding hydrogens is 324 g/mol. The molecule has 0 unspecified atom stereocenters. The van der Waals surface area contributed by atoms with Gasteiger partial charge < -0.3 is 14.8 Å². The van der Waals surface area contributed by atoms with Crippen LogP contribution in [0.2, 0.25) is 0 Å². The lowest BCUT2D eigenvalue weighted by Gasteiger charge is -2.07. The quantitative estimate of drug-likeness (QED) is 0.294. The van der Waals surface area contributed by atoms with Crippen LogP contribution in [0.1, 0.15) is 16.1 Å². The average Bonchev–Trinajstić information content (AvgIpc) is 3.28. The number of carbonyl (C=O) groups is 2. The maximum Gasteiger partial charge on any atom is 0.341 e. The molecule has 0 bridgehead atoms. The molecule has 0 spiro atoms. The fourth-order valence-electron chi connectivity index (χ4n) is 2.15. The number of nitrogens with one attached hydrogen (secondary N) is 1. The Morgan fingerprint density at radius 3 is 2.80 bits per heavy atom. The predicted octanol–water partition coefficient (Wildman–Crippen LogP) is 2.18. The first kappa shape index (κ1) is 16.2. The van der Waals surface area contributed by atoms with Crippen LogP contribution in [0, 0.1) is 0 Å². The van der Waals surface area contributed by atoms with E-state index >= 15 is 0 Å². The number of nitrogens with zero attached hydrogens (tertiary/aromatic N) is 3. The fourth-order valence-corrected chi connectivity index (χ4v) is 2.15. The number of aromatic nitrogens is 3. The lowest BCUT2D eigenvalue weighted by Crippen LogP contribution is -2.15. The Hall–Kier alpha value is -3.68. The summed E-state index contributed by atoms with van der Waals surface area (Å²) in [6.45, 7) is 0.370. The van der Waals surface area contributed by atoms with Crippen molar-refractivity contribution in [2.75, 3.05) is 5.32 Å². The van der Waals surface area contributed by atoms with E-state index in [9.17, 15) is 14.7 Å². The zero-order valence-corrected chi connectivity index (χ0v) is 13.0. The summed E-state index contributed by atoms with van der Waals surface area (Å²) >= 11 is 0. The highest BCUT2D eigenvalue weighted by Crippen LogP contribution is 2.13. The van der Waals surface area contributed by atoms with Crippen molar-refractivity contribution in [3.8, 4) is 0 Å². The first-order chi connectivity index (χ1) is 12.1. The van der Waals surface area contributed by atoms with Crippen molar-refractivity contribution in [3.05, 3.63) is 78.3 Å². The molecule has 0 fully saturated rings. The first-order valence-corrected chi connectivity index (χ1v) is 7.34. The molecule has 3 rings (SSSR count). The number of anilines is 1. The van der Waals surface area contributed by atoms with Crippen molar-refractivity contribution in [2.45, 2.75) is 6.54 Å². The van der Waals surface area contributed by atoms with Gasteiger partial charge in [0.15, 0.2) is 0 Å². The molecule has 8 heteroatoms. The van der Waals surface area contributed by atoms with Crippen molar-refractivity contribution in [1.29, 1.82) is 0 Å². The topological polar surface area (TPSA) is 110 Å². The molecule has 2 N–H and O–H groups in total. The van der Waals surface area contributed by atoms with E-state index in [4.69, 9.17) is 4.42 Å². The summed E-state index contributed by atoms with van der Waals surface area (Å²) in [5.74, 6) is -0.751. The van der Waals surface area contributed by atoms with Crippen LogP contribution in [-0.2, 0) is 11.3 Å². The second kappa shape index (κ2) is 7.26. The van der Waals surface area contributed by atoms with Gasteiger partial charge in [-0.1, -0.05) is 0 Å². The van der Waals surface area contributed by atoms with Crippen molar-refractivity contribution < 1.29 is 19.1 Å². The number of aliphatic carboxylic acids is 1. The Balaban J connectivity index is 1.80. The van der Waals surface area contributed by atoms with E-state index in [1.54, 1.807) is 41.4 Å². The number of carboxylic acids is 1. The maximum atomic E-state index is 12.3. The zero-order chi connectivity index (χ0) is 17.6. The Kier molecular flexibility index (Phi) is 4.70. The van der Waals surface area contributed by atoms with Crippen LogP contribution in [0.3, 0.4) is 0 Å². The lowest BCUT2D eigenvalue weighted by atomic mass is 10.1. The van der Waals surface area contributed by atoms with Gasteiger partial charge in [-0.2, -0.15) is 5.10 Å². The first-order valence-electron chi connectivity index (χ1n) is 7.34. The van der Waals surface area contributed by atoms with Gasteiger partial charge in [0.2, 0.25) is 5.78 Å². The number of ketones is 1. The minimum absolute atomic E-state index is 0.196. The predicted molar refractivity (Wildman–Crippen MR) is 87.9 cm³/mol. The second-order valence-corrected chi connectivity index (χ2v) is 5.03. The van der Waals surface area contributed by atoms with Gasteiger partial charge in [0.1, 0.15) is 23.7 Å². The van der Waals surface area contributed by atoms with Crippen molar-refractivity contribution >= 4 is 17.6 Å². The molecule has 25 heavy (non-hydrogen) atoms. The highest BCUT2D eigenvalue weighted by atomic mass is 16.4. The van der Waals surface area contributed by atoms with E-state index in [0.717, 1.165) is 6.20 Å². The molecule has 0 aromatic carbocycles. The Morgan fingerprint density at radius 2 is 2.12 bits per heavy atom. The monoisotopic (exact) mass is 338 g/mol. The molecule has 0 aliphatic carbocycles. The molecule has 3 aromatic heterocycles. The molecule has 0 amide bonds. The maximum absolute atomic E-state index is 12.3. The third kappa shape index (κ3) is 3.81. The SMILES string of the molecule is O=C(O)/C(=C/Nc1ccnn1Cc1ccco1)C(=O)c1cccnc1. The summed E-state index contributed by atoms with van der Waals surface area (Å²) in [5, 5.41) is 16.3. The van der Waals surface area contributed by atoms with Crippen LogP contribution < -0.4 is 5.32 Å². The molecule has 0 radical (unpaired) electrons. The number of furan rings is 1. The van der Waals surface area contributed by atoms with Crippen molar-refractivity contribution in [3.63, 3.8) is 0 Å². The summed E-state index contributed by atoms with van der Waals surface area (Å²) < 4.78 is 6.85. The summed E-state index contributed by atoms with van der Waals surface area (Å²) in [7, 11) is 0. The van der Waals surface area contributed by atoms with E-state index in [1.165, 1.54) is 18.5 Å². The largest absolute Gasteiger partial charge is 0.477 e. The van der Waals surface area contributed by atoms with Gasteiger partial charge in [0, 0.05) is 30.2 Å². The van der Waals surface area contributed by atoms with Gasteiger partial charge in [-0.15, -0.1) is 0 Å². The molecule has 0 atom stereocenters. The smallest absolute Gasteiger partial charge is 0.341 e. The second-order valence-electron chi connectivity index (χ2n) is 5.03. The lowest BCUT2D eigenvalue weighted by molar-refractivity contribution is -0.132. The van der Waals surface area contributed by atoms with E-state index in [2.05, 4.69) is 15.4 Å². The van der Waals surface area contributed by atoms with Crippen molar-refractivity contribution in [2.24, 2.45) is 0 Å². The molecule has 0 aliphatic rings. The molecule has 8 nitrogen and oxygen atoms in total. The van der Waals surface area contributed by atoms with E-state index in [0.29, 0.717) is 18.1 Å².